The van der Waals surface area contributed by atoms with Gasteiger partial charge in [-0.05, 0) is 30.5 Å². The van der Waals surface area contributed by atoms with E-state index in [1.807, 2.05) is 43.3 Å². The summed E-state index contributed by atoms with van der Waals surface area (Å²) in [6.45, 7) is 2.03. The second-order valence-corrected chi connectivity index (χ2v) is 5.06. The van der Waals surface area contributed by atoms with Crippen molar-refractivity contribution < 1.29 is 4.79 Å². The molecule has 0 saturated carbocycles. The van der Waals surface area contributed by atoms with Crippen LogP contribution in [0.2, 0.25) is 0 Å². The van der Waals surface area contributed by atoms with Crippen LogP contribution < -0.4 is 5.32 Å². The van der Waals surface area contributed by atoms with Gasteiger partial charge >= 0.3 is 0 Å². The van der Waals surface area contributed by atoms with E-state index in [-0.39, 0.29) is 11.9 Å². The molecule has 2 aromatic rings. The Morgan fingerprint density at radius 2 is 2.00 bits per heavy atom. The lowest BCUT2D eigenvalue weighted by Crippen LogP contribution is -2.33. The summed E-state index contributed by atoms with van der Waals surface area (Å²) < 4.78 is 0. The van der Waals surface area contributed by atoms with E-state index in [1.54, 1.807) is 11.3 Å². The average molecular weight is 245 g/mol. The van der Waals surface area contributed by atoms with Gasteiger partial charge in [0.2, 0.25) is 0 Å². The third kappa shape index (κ3) is 3.43. The first-order valence-electron chi connectivity index (χ1n) is 5.64. The molecule has 0 aliphatic rings. The van der Waals surface area contributed by atoms with E-state index in [1.165, 1.54) is 4.88 Å². The summed E-state index contributed by atoms with van der Waals surface area (Å²) in [5.74, 6) is -0.00495. The number of thiophene rings is 1. The molecule has 0 aliphatic carbocycles. The van der Waals surface area contributed by atoms with Crippen molar-refractivity contribution in [1.29, 1.82) is 0 Å². The summed E-state index contributed by atoms with van der Waals surface area (Å²) in [6.07, 6.45) is 0.885. The first-order valence-corrected chi connectivity index (χ1v) is 6.52. The lowest BCUT2D eigenvalue weighted by Gasteiger charge is -2.12. The fourth-order valence-corrected chi connectivity index (χ4v) is 2.51. The molecule has 0 spiro atoms. The summed E-state index contributed by atoms with van der Waals surface area (Å²) in [4.78, 5) is 13.2. The van der Waals surface area contributed by atoms with Gasteiger partial charge in [-0.15, -0.1) is 11.3 Å². The monoisotopic (exact) mass is 245 g/mol. The minimum Gasteiger partial charge on any atom is -0.349 e. The minimum atomic E-state index is -0.00495. The Bertz CT molecular complexity index is 464. The molecule has 0 saturated heterocycles. The fourth-order valence-electron chi connectivity index (χ4n) is 1.68. The number of amides is 1. The molecular formula is C14H15NOS. The lowest BCUT2D eigenvalue weighted by molar-refractivity contribution is 0.0940. The van der Waals surface area contributed by atoms with Gasteiger partial charge in [0.05, 0.1) is 0 Å². The van der Waals surface area contributed by atoms with Crippen molar-refractivity contribution in [2.45, 2.75) is 19.4 Å². The zero-order valence-electron chi connectivity index (χ0n) is 9.72. The Balaban J connectivity index is 1.91. The van der Waals surface area contributed by atoms with Crippen LogP contribution in [0, 0.1) is 0 Å². The van der Waals surface area contributed by atoms with Crippen LogP contribution >= 0.6 is 11.3 Å². The fraction of sp³-hybridized carbons (Fsp3) is 0.214. The SMILES string of the molecule is C[C@H](Cc1cccs1)NC(=O)c1ccccc1. The van der Waals surface area contributed by atoms with E-state index in [4.69, 9.17) is 0 Å². The summed E-state index contributed by atoms with van der Waals surface area (Å²) >= 11 is 1.72. The van der Waals surface area contributed by atoms with Gasteiger partial charge in [0.15, 0.2) is 0 Å². The van der Waals surface area contributed by atoms with Crippen LogP contribution in [-0.2, 0) is 6.42 Å². The van der Waals surface area contributed by atoms with Crippen LogP contribution in [0.5, 0.6) is 0 Å². The van der Waals surface area contributed by atoms with E-state index in [2.05, 4.69) is 16.8 Å². The average Bonchev–Trinajstić information content (AvgIpc) is 2.82. The first-order chi connectivity index (χ1) is 8.25. The highest BCUT2D eigenvalue weighted by molar-refractivity contribution is 7.09. The van der Waals surface area contributed by atoms with Gasteiger partial charge in [0, 0.05) is 22.9 Å². The Labute approximate surface area is 105 Å². The predicted molar refractivity (Wildman–Crippen MR) is 71.4 cm³/mol. The van der Waals surface area contributed by atoms with E-state index < -0.39 is 0 Å². The van der Waals surface area contributed by atoms with Gasteiger partial charge in [0.25, 0.3) is 5.91 Å². The Hall–Kier alpha value is -1.61. The number of carbonyl (C=O) groups is 1. The van der Waals surface area contributed by atoms with Gasteiger partial charge in [-0.25, -0.2) is 0 Å². The largest absolute Gasteiger partial charge is 0.349 e. The highest BCUT2D eigenvalue weighted by Crippen LogP contribution is 2.11. The molecule has 0 unspecified atom stereocenters. The molecular weight excluding hydrogens is 230 g/mol. The standard InChI is InChI=1S/C14H15NOS/c1-11(10-13-8-5-9-17-13)15-14(16)12-6-3-2-4-7-12/h2-9,11H,10H2,1H3,(H,15,16)/t11-/m1/s1. The molecule has 1 aromatic heterocycles. The minimum absolute atomic E-state index is 0.00495. The van der Waals surface area contributed by atoms with E-state index in [0.29, 0.717) is 5.56 Å². The van der Waals surface area contributed by atoms with Crippen LogP contribution in [-0.4, -0.2) is 11.9 Å². The van der Waals surface area contributed by atoms with E-state index in [0.717, 1.165) is 6.42 Å². The Kier molecular flexibility index (Phi) is 3.94. The summed E-state index contributed by atoms with van der Waals surface area (Å²) in [7, 11) is 0. The maximum atomic E-state index is 11.9. The molecule has 0 bridgehead atoms. The molecule has 0 radical (unpaired) electrons. The third-order valence-corrected chi connectivity index (χ3v) is 3.40. The van der Waals surface area contributed by atoms with Crippen LogP contribution in [0.1, 0.15) is 22.2 Å². The van der Waals surface area contributed by atoms with Crippen molar-refractivity contribution in [2.24, 2.45) is 0 Å². The highest BCUT2D eigenvalue weighted by Gasteiger charge is 2.09. The zero-order chi connectivity index (χ0) is 12.1. The molecule has 1 N–H and O–H groups in total. The normalized spacial score (nSPS) is 12.1. The molecule has 1 heterocycles. The van der Waals surface area contributed by atoms with Crippen LogP contribution in [0.15, 0.2) is 47.8 Å². The summed E-state index contributed by atoms with van der Waals surface area (Å²) in [5, 5.41) is 5.06. The quantitative estimate of drug-likeness (QED) is 0.881. The van der Waals surface area contributed by atoms with Crippen molar-refractivity contribution in [3.8, 4) is 0 Å². The van der Waals surface area contributed by atoms with E-state index in [9.17, 15) is 4.79 Å². The predicted octanol–water partition coefficient (Wildman–Crippen LogP) is 3.11. The van der Waals surface area contributed by atoms with Crippen molar-refractivity contribution in [3.63, 3.8) is 0 Å². The number of rotatable bonds is 4. The summed E-state index contributed by atoms with van der Waals surface area (Å²) in [5.41, 5.74) is 0.713. The molecule has 3 heteroatoms. The second kappa shape index (κ2) is 5.64. The van der Waals surface area contributed by atoms with Gasteiger partial charge in [-0.2, -0.15) is 0 Å². The second-order valence-electron chi connectivity index (χ2n) is 4.02. The molecule has 1 atom stereocenters. The Morgan fingerprint density at radius 1 is 1.24 bits per heavy atom. The van der Waals surface area contributed by atoms with Crippen molar-refractivity contribution >= 4 is 17.2 Å². The summed E-state index contributed by atoms with van der Waals surface area (Å²) in [6, 6.07) is 13.6. The molecule has 17 heavy (non-hydrogen) atoms. The highest BCUT2D eigenvalue weighted by atomic mass is 32.1. The maximum absolute atomic E-state index is 11.9. The first kappa shape index (κ1) is 11.9. The van der Waals surface area contributed by atoms with Crippen LogP contribution in [0.25, 0.3) is 0 Å². The Morgan fingerprint density at radius 3 is 2.65 bits per heavy atom. The van der Waals surface area contributed by atoms with Gasteiger partial charge in [-0.1, -0.05) is 24.3 Å². The van der Waals surface area contributed by atoms with Crippen LogP contribution in [0.3, 0.4) is 0 Å². The van der Waals surface area contributed by atoms with Gasteiger partial charge < -0.3 is 5.32 Å². The lowest BCUT2D eigenvalue weighted by atomic mass is 10.1. The number of hydrogen-bond acceptors (Lipinski definition) is 2. The van der Waals surface area contributed by atoms with Crippen LogP contribution in [0.4, 0.5) is 0 Å². The number of carbonyl (C=O) groups excluding carboxylic acids is 1. The van der Waals surface area contributed by atoms with Gasteiger partial charge in [0.1, 0.15) is 0 Å². The molecule has 2 rings (SSSR count). The topological polar surface area (TPSA) is 29.1 Å². The maximum Gasteiger partial charge on any atom is 0.251 e. The smallest absolute Gasteiger partial charge is 0.251 e. The number of benzene rings is 1. The van der Waals surface area contributed by atoms with Crippen molar-refractivity contribution in [2.75, 3.05) is 0 Å². The zero-order valence-corrected chi connectivity index (χ0v) is 10.5. The molecule has 88 valence electrons. The molecule has 2 nitrogen and oxygen atoms in total. The van der Waals surface area contributed by atoms with Crippen molar-refractivity contribution in [1.82, 2.24) is 5.32 Å². The molecule has 0 fully saturated rings. The van der Waals surface area contributed by atoms with Gasteiger partial charge in [-0.3, -0.25) is 4.79 Å². The number of nitrogens with one attached hydrogen (secondary N) is 1. The molecule has 1 amide bonds. The van der Waals surface area contributed by atoms with Crippen molar-refractivity contribution in [3.05, 3.63) is 58.3 Å². The molecule has 1 aromatic carbocycles. The van der Waals surface area contributed by atoms with E-state index >= 15 is 0 Å². The number of hydrogen-bond donors (Lipinski definition) is 1. The third-order valence-electron chi connectivity index (χ3n) is 2.50. The molecule has 0 aliphatic heterocycles.